The molecule has 0 aliphatic carbocycles. The minimum absolute atomic E-state index is 0.176. The lowest BCUT2D eigenvalue weighted by Crippen LogP contribution is -2.11. The number of methoxy groups -OCH3 is 1. The Morgan fingerprint density at radius 1 is 1.00 bits per heavy atom. The fourth-order valence-electron chi connectivity index (χ4n) is 3.25. The van der Waals surface area contributed by atoms with Gasteiger partial charge in [0.05, 0.1) is 12.8 Å². The first-order valence-electron chi connectivity index (χ1n) is 9.86. The van der Waals surface area contributed by atoms with Crippen LogP contribution in [0.5, 0.6) is 17.2 Å². The first kappa shape index (κ1) is 19.9. The molecule has 4 aromatic rings. The SMILES string of the molecule is COc1cccc(Nc2nc(-c3ccc(NC(=O)c4ccc5c(c4)OCO5)cc3)cs2)c1. The molecule has 2 heterocycles. The Morgan fingerprint density at radius 3 is 2.69 bits per heavy atom. The summed E-state index contributed by atoms with van der Waals surface area (Å²) in [5.41, 5.74) is 3.93. The van der Waals surface area contributed by atoms with E-state index in [1.54, 1.807) is 25.3 Å². The van der Waals surface area contributed by atoms with Gasteiger partial charge in [-0.2, -0.15) is 0 Å². The summed E-state index contributed by atoms with van der Waals surface area (Å²) in [5, 5.41) is 8.97. The maximum atomic E-state index is 12.6. The zero-order valence-corrected chi connectivity index (χ0v) is 17.9. The molecule has 1 aliphatic heterocycles. The predicted octanol–water partition coefficient (Wildman–Crippen LogP) is 5.54. The van der Waals surface area contributed by atoms with Crippen LogP contribution in [0.3, 0.4) is 0 Å². The molecule has 1 aliphatic rings. The van der Waals surface area contributed by atoms with E-state index in [0.717, 1.165) is 27.8 Å². The number of carbonyl (C=O) groups is 1. The maximum absolute atomic E-state index is 12.6. The number of aromatic nitrogens is 1. The molecule has 0 fully saturated rings. The molecular weight excluding hydrogens is 426 g/mol. The molecule has 32 heavy (non-hydrogen) atoms. The van der Waals surface area contributed by atoms with E-state index in [2.05, 4.69) is 15.6 Å². The lowest BCUT2D eigenvalue weighted by Gasteiger charge is -2.07. The van der Waals surface area contributed by atoms with E-state index in [9.17, 15) is 4.79 Å². The van der Waals surface area contributed by atoms with Gasteiger partial charge in [-0.1, -0.05) is 18.2 Å². The van der Waals surface area contributed by atoms with Crippen LogP contribution in [-0.4, -0.2) is 24.8 Å². The molecule has 2 N–H and O–H groups in total. The minimum atomic E-state index is -0.213. The molecular formula is C24H19N3O4S. The van der Waals surface area contributed by atoms with Gasteiger partial charge in [-0.25, -0.2) is 4.98 Å². The quantitative estimate of drug-likeness (QED) is 0.405. The smallest absolute Gasteiger partial charge is 0.255 e. The highest BCUT2D eigenvalue weighted by atomic mass is 32.1. The van der Waals surface area contributed by atoms with Crippen molar-refractivity contribution in [2.75, 3.05) is 24.5 Å². The molecule has 0 saturated carbocycles. The van der Waals surface area contributed by atoms with Crippen molar-refractivity contribution in [1.29, 1.82) is 0 Å². The van der Waals surface area contributed by atoms with Crippen LogP contribution < -0.4 is 24.8 Å². The van der Waals surface area contributed by atoms with Crippen molar-refractivity contribution in [2.45, 2.75) is 0 Å². The number of carbonyl (C=O) groups excluding carboxylic acids is 1. The number of amides is 1. The third kappa shape index (κ3) is 4.21. The van der Waals surface area contributed by atoms with Crippen molar-refractivity contribution >= 4 is 33.8 Å². The third-order valence-corrected chi connectivity index (χ3v) is 5.66. The Morgan fingerprint density at radius 2 is 1.84 bits per heavy atom. The zero-order chi connectivity index (χ0) is 21.9. The van der Waals surface area contributed by atoms with Crippen molar-refractivity contribution in [2.24, 2.45) is 0 Å². The average Bonchev–Trinajstić information content (AvgIpc) is 3.49. The Balaban J connectivity index is 1.25. The largest absolute Gasteiger partial charge is 0.497 e. The van der Waals surface area contributed by atoms with Gasteiger partial charge in [-0.3, -0.25) is 4.79 Å². The Bertz CT molecular complexity index is 1270. The highest BCUT2D eigenvalue weighted by Crippen LogP contribution is 2.33. The standard InChI is InChI=1S/C24H19N3O4S/c1-29-19-4-2-3-18(12-19)26-24-27-20(13-32-24)15-5-8-17(9-6-15)25-23(28)16-7-10-21-22(11-16)31-14-30-21/h2-13H,14H2,1H3,(H,25,28)(H,26,27). The molecule has 0 saturated heterocycles. The summed E-state index contributed by atoms with van der Waals surface area (Å²) in [7, 11) is 1.64. The minimum Gasteiger partial charge on any atom is -0.497 e. The van der Waals surface area contributed by atoms with E-state index in [-0.39, 0.29) is 12.7 Å². The Labute approximate surface area is 188 Å². The average molecular weight is 446 g/mol. The van der Waals surface area contributed by atoms with E-state index in [1.165, 1.54) is 11.3 Å². The number of nitrogens with one attached hydrogen (secondary N) is 2. The van der Waals surface area contributed by atoms with Gasteiger partial charge in [0.25, 0.3) is 5.91 Å². The number of benzene rings is 3. The predicted molar refractivity (Wildman–Crippen MR) is 124 cm³/mol. The zero-order valence-electron chi connectivity index (χ0n) is 17.1. The van der Waals surface area contributed by atoms with Crippen LogP contribution in [0.15, 0.2) is 72.1 Å². The van der Waals surface area contributed by atoms with E-state index < -0.39 is 0 Å². The fraction of sp³-hybridized carbons (Fsp3) is 0.0833. The first-order chi connectivity index (χ1) is 15.7. The van der Waals surface area contributed by atoms with Gasteiger partial charge in [0.15, 0.2) is 16.6 Å². The van der Waals surface area contributed by atoms with Crippen LogP contribution >= 0.6 is 11.3 Å². The van der Waals surface area contributed by atoms with E-state index in [4.69, 9.17) is 14.2 Å². The number of anilines is 3. The Kier molecular flexibility index (Phi) is 5.35. The molecule has 0 unspecified atom stereocenters. The number of fused-ring (bicyclic) bond motifs is 1. The normalized spacial score (nSPS) is 11.8. The highest BCUT2D eigenvalue weighted by molar-refractivity contribution is 7.14. The molecule has 1 amide bonds. The maximum Gasteiger partial charge on any atom is 0.255 e. The molecule has 0 radical (unpaired) electrons. The van der Waals surface area contributed by atoms with Gasteiger partial charge in [0.2, 0.25) is 6.79 Å². The second-order valence-corrected chi connectivity index (χ2v) is 7.85. The van der Waals surface area contributed by atoms with E-state index in [0.29, 0.717) is 22.7 Å². The van der Waals surface area contributed by atoms with Gasteiger partial charge in [0, 0.05) is 33.9 Å². The topological polar surface area (TPSA) is 81.7 Å². The van der Waals surface area contributed by atoms with Crippen LogP contribution in [0.4, 0.5) is 16.5 Å². The van der Waals surface area contributed by atoms with E-state index >= 15 is 0 Å². The van der Waals surface area contributed by atoms with Gasteiger partial charge in [-0.05, 0) is 42.5 Å². The summed E-state index contributed by atoms with van der Waals surface area (Å²) in [6, 6.07) is 20.4. The molecule has 0 spiro atoms. The van der Waals surface area contributed by atoms with Crippen molar-refractivity contribution < 1.29 is 19.0 Å². The monoisotopic (exact) mass is 445 g/mol. The number of hydrogen-bond acceptors (Lipinski definition) is 7. The van der Waals surface area contributed by atoms with Crippen LogP contribution in [0.2, 0.25) is 0 Å². The number of nitrogens with zero attached hydrogens (tertiary/aromatic N) is 1. The van der Waals surface area contributed by atoms with Crippen LogP contribution in [0.25, 0.3) is 11.3 Å². The van der Waals surface area contributed by atoms with Crippen molar-refractivity contribution in [3.05, 3.63) is 77.7 Å². The number of ether oxygens (including phenoxy) is 3. The number of rotatable bonds is 6. The summed E-state index contributed by atoms with van der Waals surface area (Å²) in [5.74, 6) is 1.80. The lowest BCUT2D eigenvalue weighted by molar-refractivity contribution is 0.102. The fourth-order valence-corrected chi connectivity index (χ4v) is 3.99. The van der Waals surface area contributed by atoms with Gasteiger partial charge in [0.1, 0.15) is 5.75 Å². The second-order valence-electron chi connectivity index (χ2n) is 6.99. The van der Waals surface area contributed by atoms with Gasteiger partial charge < -0.3 is 24.8 Å². The molecule has 5 rings (SSSR count). The van der Waals surface area contributed by atoms with E-state index in [1.807, 2.05) is 53.9 Å². The Hall–Kier alpha value is -4.04. The third-order valence-electron chi connectivity index (χ3n) is 4.90. The number of hydrogen-bond donors (Lipinski definition) is 2. The summed E-state index contributed by atoms with van der Waals surface area (Å²) < 4.78 is 15.9. The van der Waals surface area contributed by atoms with Crippen molar-refractivity contribution in [3.8, 4) is 28.5 Å². The molecule has 7 nitrogen and oxygen atoms in total. The number of thiazole rings is 1. The molecule has 0 atom stereocenters. The summed E-state index contributed by atoms with van der Waals surface area (Å²) in [4.78, 5) is 17.2. The van der Waals surface area contributed by atoms with Crippen LogP contribution in [0, 0.1) is 0 Å². The summed E-state index contributed by atoms with van der Waals surface area (Å²) in [6.45, 7) is 0.176. The summed E-state index contributed by atoms with van der Waals surface area (Å²) in [6.07, 6.45) is 0. The second kappa shape index (κ2) is 8.60. The van der Waals surface area contributed by atoms with Crippen LogP contribution in [-0.2, 0) is 0 Å². The lowest BCUT2D eigenvalue weighted by atomic mass is 10.1. The van der Waals surface area contributed by atoms with Crippen molar-refractivity contribution in [1.82, 2.24) is 4.98 Å². The van der Waals surface area contributed by atoms with Crippen molar-refractivity contribution in [3.63, 3.8) is 0 Å². The van der Waals surface area contributed by atoms with Gasteiger partial charge >= 0.3 is 0 Å². The molecule has 160 valence electrons. The molecule has 0 bridgehead atoms. The van der Waals surface area contributed by atoms with Gasteiger partial charge in [-0.15, -0.1) is 11.3 Å². The highest BCUT2D eigenvalue weighted by Gasteiger charge is 2.16. The summed E-state index contributed by atoms with van der Waals surface area (Å²) >= 11 is 1.52. The molecule has 8 heteroatoms. The van der Waals surface area contributed by atoms with Crippen LogP contribution in [0.1, 0.15) is 10.4 Å². The molecule has 3 aromatic carbocycles. The first-order valence-corrected chi connectivity index (χ1v) is 10.7. The molecule has 1 aromatic heterocycles.